The molecule has 26 heavy (non-hydrogen) atoms. The number of ether oxygens (including phenoxy) is 1. The van der Waals surface area contributed by atoms with E-state index in [1.54, 1.807) is 11.3 Å². The van der Waals surface area contributed by atoms with Crippen molar-refractivity contribution in [1.82, 2.24) is 15.2 Å². The second-order valence-electron chi connectivity index (χ2n) is 7.14. The van der Waals surface area contributed by atoms with Gasteiger partial charge in [-0.3, -0.25) is 4.99 Å². The minimum absolute atomic E-state index is 0.506. The van der Waals surface area contributed by atoms with Gasteiger partial charge in [-0.05, 0) is 39.5 Å². The van der Waals surface area contributed by atoms with Crippen LogP contribution in [0.1, 0.15) is 69.0 Å². The minimum atomic E-state index is 0.506. The Morgan fingerprint density at radius 1 is 1.31 bits per heavy atom. The monoisotopic (exact) mass is 380 g/mol. The molecule has 1 aliphatic rings. The van der Waals surface area contributed by atoms with E-state index in [4.69, 9.17) is 9.73 Å². The molecular formula is C20H36N4OS. The Kier molecular flexibility index (Phi) is 10.00. The number of thiazole rings is 1. The van der Waals surface area contributed by atoms with Gasteiger partial charge in [0.05, 0.1) is 23.4 Å². The summed E-state index contributed by atoms with van der Waals surface area (Å²) in [5, 5.41) is 6.62. The van der Waals surface area contributed by atoms with Crippen LogP contribution in [0.25, 0.3) is 0 Å². The molecule has 6 heteroatoms. The number of aliphatic imine (C=N–C) groups is 1. The maximum Gasteiger partial charge on any atom is 0.194 e. The molecule has 1 N–H and O–H groups in total. The van der Waals surface area contributed by atoms with Crippen LogP contribution in [0.2, 0.25) is 0 Å². The molecule has 1 heterocycles. The third-order valence-corrected chi connectivity index (χ3v) is 5.55. The number of nitrogens with one attached hydrogen (secondary N) is 1. The molecule has 0 bridgehead atoms. The summed E-state index contributed by atoms with van der Waals surface area (Å²) in [7, 11) is 2.07. The van der Waals surface area contributed by atoms with Crippen LogP contribution < -0.4 is 5.32 Å². The van der Waals surface area contributed by atoms with E-state index in [0.717, 1.165) is 55.7 Å². The van der Waals surface area contributed by atoms with Gasteiger partial charge >= 0.3 is 0 Å². The molecule has 0 saturated heterocycles. The second-order valence-corrected chi connectivity index (χ2v) is 8.20. The number of unbranched alkanes of at least 4 members (excludes halogenated alkanes) is 1. The highest BCUT2D eigenvalue weighted by atomic mass is 32.1. The van der Waals surface area contributed by atoms with E-state index >= 15 is 0 Å². The number of nitrogens with zero attached hydrogens (tertiary/aromatic N) is 3. The topological polar surface area (TPSA) is 49.8 Å². The van der Waals surface area contributed by atoms with Crippen LogP contribution >= 0.6 is 11.3 Å². The Morgan fingerprint density at radius 2 is 2.08 bits per heavy atom. The Labute approximate surface area is 163 Å². The quantitative estimate of drug-likeness (QED) is 0.299. The Balaban J connectivity index is 1.67. The lowest BCUT2D eigenvalue weighted by molar-refractivity contribution is 0.0412. The summed E-state index contributed by atoms with van der Waals surface area (Å²) in [5.74, 6) is 0.961. The zero-order valence-electron chi connectivity index (χ0n) is 16.8. The maximum atomic E-state index is 6.06. The van der Waals surface area contributed by atoms with E-state index in [-0.39, 0.29) is 0 Å². The number of aryl methyl sites for hydroxylation is 1. The Hall–Kier alpha value is -1.14. The first-order valence-corrected chi connectivity index (χ1v) is 11.1. The fourth-order valence-electron chi connectivity index (χ4n) is 3.33. The van der Waals surface area contributed by atoms with Gasteiger partial charge in [0.15, 0.2) is 5.96 Å². The molecule has 0 aromatic carbocycles. The molecule has 0 radical (unpaired) electrons. The van der Waals surface area contributed by atoms with Gasteiger partial charge in [-0.25, -0.2) is 4.98 Å². The van der Waals surface area contributed by atoms with Crippen LogP contribution in [0.5, 0.6) is 0 Å². The predicted octanol–water partition coefficient (Wildman–Crippen LogP) is 4.37. The molecule has 5 nitrogen and oxygen atoms in total. The average molecular weight is 381 g/mol. The van der Waals surface area contributed by atoms with Gasteiger partial charge in [0, 0.05) is 32.1 Å². The lowest BCUT2D eigenvalue weighted by Gasteiger charge is -2.21. The van der Waals surface area contributed by atoms with Crippen LogP contribution in [-0.2, 0) is 11.3 Å². The molecule has 1 aromatic heterocycles. The van der Waals surface area contributed by atoms with E-state index < -0.39 is 0 Å². The summed E-state index contributed by atoms with van der Waals surface area (Å²) in [6.45, 7) is 7.55. The van der Waals surface area contributed by atoms with Crippen LogP contribution in [-0.4, -0.2) is 48.7 Å². The largest absolute Gasteiger partial charge is 0.378 e. The third kappa shape index (κ3) is 8.04. The summed E-state index contributed by atoms with van der Waals surface area (Å²) < 4.78 is 6.06. The second kappa shape index (κ2) is 12.3. The number of aromatic nitrogens is 1. The minimum Gasteiger partial charge on any atom is -0.378 e. The summed E-state index contributed by atoms with van der Waals surface area (Å²) in [6, 6.07) is 0. The maximum absolute atomic E-state index is 6.06. The van der Waals surface area contributed by atoms with Crippen LogP contribution in [0, 0.1) is 6.92 Å². The fourth-order valence-corrected chi connectivity index (χ4v) is 3.93. The van der Waals surface area contributed by atoms with Gasteiger partial charge in [0.25, 0.3) is 0 Å². The van der Waals surface area contributed by atoms with E-state index in [1.165, 1.54) is 38.5 Å². The molecule has 2 rings (SSSR count). The number of rotatable bonds is 9. The van der Waals surface area contributed by atoms with E-state index in [2.05, 4.69) is 34.6 Å². The normalized spacial score (nSPS) is 16.5. The van der Waals surface area contributed by atoms with Crippen molar-refractivity contribution in [2.24, 2.45) is 4.99 Å². The van der Waals surface area contributed by atoms with Gasteiger partial charge in [-0.1, -0.05) is 25.7 Å². The molecule has 0 aliphatic heterocycles. The number of hydrogen-bond donors (Lipinski definition) is 1. The van der Waals surface area contributed by atoms with Crippen molar-refractivity contribution in [2.75, 3.05) is 26.7 Å². The van der Waals surface area contributed by atoms with E-state index in [0.29, 0.717) is 6.10 Å². The Bertz CT molecular complexity index is 524. The molecule has 1 aliphatic carbocycles. The summed E-state index contributed by atoms with van der Waals surface area (Å²) >= 11 is 1.70. The van der Waals surface area contributed by atoms with E-state index in [9.17, 15) is 0 Å². The van der Waals surface area contributed by atoms with Crippen molar-refractivity contribution in [3.63, 3.8) is 0 Å². The molecule has 0 amide bonds. The van der Waals surface area contributed by atoms with E-state index in [1.807, 2.05) is 6.92 Å². The predicted molar refractivity (Wildman–Crippen MR) is 111 cm³/mol. The van der Waals surface area contributed by atoms with Crippen molar-refractivity contribution in [1.29, 1.82) is 0 Å². The van der Waals surface area contributed by atoms with Gasteiger partial charge < -0.3 is 15.0 Å². The van der Waals surface area contributed by atoms with Crippen molar-refractivity contribution in [3.8, 4) is 0 Å². The van der Waals surface area contributed by atoms with Gasteiger partial charge in [-0.2, -0.15) is 0 Å². The lowest BCUT2D eigenvalue weighted by atomic mass is 10.1. The molecule has 0 spiro atoms. The van der Waals surface area contributed by atoms with Crippen molar-refractivity contribution >= 4 is 17.3 Å². The fraction of sp³-hybridized carbons (Fsp3) is 0.800. The molecule has 0 atom stereocenters. The van der Waals surface area contributed by atoms with Gasteiger partial charge in [0.1, 0.15) is 0 Å². The van der Waals surface area contributed by atoms with Crippen molar-refractivity contribution in [2.45, 2.75) is 77.9 Å². The van der Waals surface area contributed by atoms with Crippen LogP contribution in [0.15, 0.2) is 10.4 Å². The van der Waals surface area contributed by atoms with Crippen molar-refractivity contribution < 1.29 is 4.74 Å². The first-order valence-electron chi connectivity index (χ1n) is 10.2. The Morgan fingerprint density at radius 3 is 2.73 bits per heavy atom. The van der Waals surface area contributed by atoms with Crippen molar-refractivity contribution in [3.05, 3.63) is 16.1 Å². The standard InChI is InChI=1S/C20H36N4OS/c1-4-21-20(24(3)15-18-16-26-17(2)23-18)22-13-9-10-14-25-19-11-7-5-6-8-12-19/h16,19H,4-15H2,1-3H3,(H,21,22). The SMILES string of the molecule is CCNC(=NCCCCOC1CCCCCC1)N(C)Cc1csc(C)n1. The zero-order valence-corrected chi connectivity index (χ0v) is 17.6. The van der Waals surface area contributed by atoms with Gasteiger partial charge in [-0.15, -0.1) is 11.3 Å². The summed E-state index contributed by atoms with van der Waals surface area (Å²) in [4.78, 5) is 11.5. The lowest BCUT2D eigenvalue weighted by Crippen LogP contribution is -2.38. The number of guanidine groups is 1. The van der Waals surface area contributed by atoms with Crippen LogP contribution in [0.4, 0.5) is 0 Å². The highest BCUT2D eigenvalue weighted by Crippen LogP contribution is 2.20. The zero-order chi connectivity index (χ0) is 18.6. The average Bonchev–Trinajstić information content (AvgIpc) is 2.87. The summed E-state index contributed by atoms with van der Waals surface area (Å²) in [5.41, 5.74) is 1.11. The van der Waals surface area contributed by atoms with Gasteiger partial charge in [0.2, 0.25) is 0 Å². The smallest absolute Gasteiger partial charge is 0.194 e. The number of hydrogen-bond acceptors (Lipinski definition) is 4. The molecule has 0 unspecified atom stereocenters. The molecule has 148 valence electrons. The molecule has 1 aromatic rings. The molecule has 1 fully saturated rings. The highest BCUT2D eigenvalue weighted by Gasteiger charge is 2.12. The molecule has 1 saturated carbocycles. The summed E-state index contributed by atoms with van der Waals surface area (Å²) in [6.07, 6.45) is 10.6. The molecular weight excluding hydrogens is 344 g/mol. The first-order chi connectivity index (χ1) is 12.7. The third-order valence-electron chi connectivity index (χ3n) is 4.73. The highest BCUT2D eigenvalue weighted by molar-refractivity contribution is 7.09. The first kappa shape index (κ1) is 21.2. The van der Waals surface area contributed by atoms with Crippen LogP contribution in [0.3, 0.4) is 0 Å².